The number of hydrogen-bond acceptors (Lipinski definition) is 1. The molecule has 1 fully saturated rings. The normalized spacial score (nSPS) is 41.0. The Hall–Kier alpha value is 0.180. The summed E-state index contributed by atoms with van der Waals surface area (Å²) in [5.41, 5.74) is 5.50. The van der Waals surface area contributed by atoms with Crippen LogP contribution in [0.2, 0.25) is 0 Å². The van der Waals surface area contributed by atoms with Gasteiger partial charge in [0.25, 0.3) is 0 Å². The maximum Gasteiger partial charge on any atom is 0.101 e. The third kappa shape index (κ3) is 1.80. The molecule has 0 unspecified atom stereocenters. The van der Waals surface area contributed by atoms with Gasteiger partial charge in [-0.3, -0.25) is 0 Å². The Bertz CT molecular complexity index is 91.1. The first kappa shape index (κ1) is 9.18. The zero-order valence-electron chi connectivity index (χ0n) is 5.56. The molecule has 0 radical (unpaired) electrons. The number of hydrogen-bond donors (Lipinski definition) is 1. The Morgan fingerprint density at radius 1 is 1.67 bits per heavy atom. The molecule has 0 atom stereocenters. The second-order valence-corrected chi connectivity index (χ2v) is 3.02. The summed E-state index contributed by atoms with van der Waals surface area (Å²) < 4.78 is 12.1. The molecule has 0 aromatic rings. The highest BCUT2D eigenvalue weighted by molar-refractivity contribution is 5.85. The molecule has 2 N–H and O–H groups in total. The average molecular weight is 154 g/mol. The topological polar surface area (TPSA) is 26.0 Å². The molecule has 0 saturated heterocycles. The van der Waals surface area contributed by atoms with E-state index in [2.05, 4.69) is 0 Å². The van der Waals surface area contributed by atoms with Gasteiger partial charge in [0.1, 0.15) is 6.17 Å². The Labute approximate surface area is 61.2 Å². The van der Waals surface area contributed by atoms with Gasteiger partial charge in [0.05, 0.1) is 0 Å². The van der Waals surface area contributed by atoms with Gasteiger partial charge in [0.2, 0.25) is 0 Å². The summed E-state index contributed by atoms with van der Waals surface area (Å²) in [7, 11) is 0. The van der Waals surface area contributed by atoms with Crippen LogP contribution in [-0.4, -0.2) is 12.7 Å². The van der Waals surface area contributed by atoms with E-state index >= 15 is 0 Å². The van der Waals surface area contributed by atoms with E-state index in [4.69, 9.17) is 5.73 Å². The van der Waals surface area contributed by atoms with Gasteiger partial charge in [-0.1, -0.05) is 6.92 Å². The Balaban J connectivity index is 0.000000640. The van der Waals surface area contributed by atoms with Gasteiger partial charge < -0.3 is 5.73 Å². The van der Waals surface area contributed by atoms with Gasteiger partial charge in [-0.15, -0.1) is 12.4 Å². The third-order valence-corrected chi connectivity index (χ3v) is 1.92. The van der Waals surface area contributed by atoms with Crippen LogP contribution in [-0.2, 0) is 0 Å². The van der Waals surface area contributed by atoms with E-state index in [9.17, 15) is 4.39 Å². The van der Waals surface area contributed by atoms with Crippen LogP contribution in [0.25, 0.3) is 0 Å². The fraction of sp³-hybridized carbons (Fsp3) is 1.00. The summed E-state index contributed by atoms with van der Waals surface area (Å²) in [5.74, 6) is 0. The average Bonchev–Trinajstić information content (AvgIpc) is 1.63. The Morgan fingerprint density at radius 2 is 2.11 bits per heavy atom. The number of rotatable bonds is 1. The first-order valence-corrected chi connectivity index (χ1v) is 3.00. The SMILES string of the molecule is CC1(CN)CC(F)C1.Cl. The molecule has 0 bridgehead atoms. The van der Waals surface area contributed by atoms with Gasteiger partial charge in [-0.2, -0.15) is 0 Å². The van der Waals surface area contributed by atoms with Crippen molar-refractivity contribution >= 4 is 12.4 Å². The molecule has 0 spiro atoms. The molecule has 0 amide bonds. The minimum absolute atomic E-state index is 0. The Morgan fingerprint density at radius 3 is 2.22 bits per heavy atom. The number of halogens is 2. The van der Waals surface area contributed by atoms with Gasteiger partial charge in [-0.25, -0.2) is 4.39 Å². The quantitative estimate of drug-likeness (QED) is 0.607. The zero-order chi connectivity index (χ0) is 6.20. The molecule has 0 aromatic heterocycles. The van der Waals surface area contributed by atoms with E-state index in [1.54, 1.807) is 0 Å². The fourth-order valence-electron chi connectivity index (χ4n) is 1.18. The molecule has 0 aliphatic heterocycles. The fourth-order valence-corrected chi connectivity index (χ4v) is 1.18. The van der Waals surface area contributed by atoms with E-state index in [0.717, 1.165) is 0 Å². The maximum atomic E-state index is 12.1. The van der Waals surface area contributed by atoms with Crippen molar-refractivity contribution in [1.82, 2.24) is 0 Å². The van der Waals surface area contributed by atoms with Crippen LogP contribution in [0.15, 0.2) is 0 Å². The van der Waals surface area contributed by atoms with E-state index < -0.39 is 6.17 Å². The van der Waals surface area contributed by atoms with Crippen molar-refractivity contribution in [2.45, 2.75) is 25.9 Å². The molecule has 1 saturated carbocycles. The van der Waals surface area contributed by atoms with Crippen LogP contribution in [0.1, 0.15) is 19.8 Å². The lowest BCUT2D eigenvalue weighted by molar-refractivity contribution is 0.0500. The van der Waals surface area contributed by atoms with E-state index in [1.165, 1.54) is 0 Å². The summed E-state index contributed by atoms with van der Waals surface area (Å²) in [6, 6.07) is 0. The molecule has 1 rings (SSSR count). The van der Waals surface area contributed by atoms with Gasteiger partial charge in [0, 0.05) is 0 Å². The van der Waals surface area contributed by atoms with Crippen molar-refractivity contribution < 1.29 is 4.39 Å². The first-order chi connectivity index (χ1) is 3.66. The standard InChI is InChI=1S/C6H12FN.ClH/c1-6(4-8)2-5(7)3-6;/h5H,2-4,8H2,1H3;1H. The second-order valence-electron chi connectivity index (χ2n) is 3.02. The minimum atomic E-state index is -0.566. The highest BCUT2D eigenvalue weighted by Crippen LogP contribution is 2.41. The van der Waals surface area contributed by atoms with Crippen LogP contribution >= 0.6 is 12.4 Å². The molecule has 1 aliphatic carbocycles. The highest BCUT2D eigenvalue weighted by Gasteiger charge is 2.38. The van der Waals surface area contributed by atoms with Crippen LogP contribution in [0.3, 0.4) is 0 Å². The zero-order valence-corrected chi connectivity index (χ0v) is 6.38. The smallest absolute Gasteiger partial charge is 0.101 e. The molecule has 3 heteroatoms. The van der Waals surface area contributed by atoms with Crippen molar-refractivity contribution in [2.75, 3.05) is 6.54 Å². The van der Waals surface area contributed by atoms with Crippen molar-refractivity contribution in [3.63, 3.8) is 0 Å². The van der Waals surface area contributed by atoms with E-state index in [0.29, 0.717) is 19.4 Å². The summed E-state index contributed by atoms with van der Waals surface area (Å²) in [5, 5.41) is 0. The molecule has 56 valence electrons. The van der Waals surface area contributed by atoms with Gasteiger partial charge >= 0.3 is 0 Å². The summed E-state index contributed by atoms with van der Waals surface area (Å²) in [4.78, 5) is 0. The van der Waals surface area contributed by atoms with Crippen LogP contribution < -0.4 is 5.73 Å². The summed E-state index contributed by atoms with van der Waals surface area (Å²) >= 11 is 0. The lowest BCUT2D eigenvalue weighted by Gasteiger charge is -2.40. The lowest BCUT2D eigenvalue weighted by Crippen LogP contribution is -2.41. The molecule has 0 aromatic carbocycles. The number of nitrogens with two attached hydrogens (primary N) is 1. The van der Waals surface area contributed by atoms with E-state index in [-0.39, 0.29) is 17.8 Å². The van der Waals surface area contributed by atoms with Crippen molar-refractivity contribution in [3.8, 4) is 0 Å². The molecule has 9 heavy (non-hydrogen) atoms. The predicted molar refractivity (Wildman–Crippen MR) is 38.5 cm³/mol. The van der Waals surface area contributed by atoms with Crippen LogP contribution in [0.5, 0.6) is 0 Å². The molecule has 0 heterocycles. The van der Waals surface area contributed by atoms with Crippen LogP contribution in [0.4, 0.5) is 4.39 Å². The minimum Gasteiger partial charge on any atom is -0.330 e. The third-order valence-electron chi connectivity index (χ3n) is 1.92. The van der Waals surface area contributed by atoms with Crippen molar-refractivity contribution in [3.05, 3.63) is 0 Å². The van der Waals surface area contributed by atoms with Gasteiger partial charge in [-0.05, 0) is 24.8 Å². The number of alkyl halides is 1. The van der Waals surface area contributed by atoms with Crippen molar-refractivity contribution in [2.24, 2.45) is 11.1 Å². The second kappa shape index (κ2) is 2.84. The lowest BCUT2D eigenvalue weighted by atomic mass is 9.69. The first-order valence-electron chi connectivity index (χ1n) is 3.00. The molecular weight excluding hydrogens is 141 g/mol. The molecule has 1 nitrogen and oxygen atoms in total. The largest absolute Gasteiger partial charge is 0.330 e. The predicted octanol–water partition coefficient (Wildman–Crippen LogP) is 1.51. The van der Waals surface area contributed by atoms with Gasteiger partial charge in [0.15, 0.2) is 0 Å². The maximum absolute atomic E-state index is 12.1. The molecular formula is C6H13ClFN. The molecule has 1 aliphatic rings. The highest BCUT2D eigenvalue weighted by atomic mass is 35.5. The van der Waals surface area contributed by atoms with Crippen molar-refractivity contribution in [1.29, 1.82) is 0 Å². The van der Waals surface area contributed by atoms with Crippen LogP contribution in [0, 0.1) is 5.41 Å². The summed E-state index contributed by atoms with van der Waals surface area (Å²) in [6.07, 6.45) is 0.774. The Kier molecular flexibility index (Phi) is 2.90. The monoisotopic (exact) mass is 153 g/mol. The van der Waals surface area contributed by atoms with E-state index in [1.807, 2.05) is 6.92 Å². The summed E-state index contributed by atoms with van der Waals surface area (Å²) in [6.45, 7) is 2.66.